The summed E-state index contributed by atoms with van der Waals surface area (Å²) in [6, 6.07) is 3.92. The van der Waals surface area contributed by atoms with Crippen molar-refractivity contribution >= 4 is 45.6 Å². The fourth-order valence-corrected chi connectivity index (χ4v) is 4.23. The molecule has 148 valence electrons. The Morgan fingerprint density at radius 2 is 2.12 bits per heavy atom. The second kappa shape index (κ2) is 9.20. The summed E-state index contributed by atoms with van der Waals surface area (Å²) in [5.41, 5.74) is 1.03. The Morgan fingerprint density at radius 1 is 1.42 bits per heavy atom. The number of nitrogens with one attached hydrogen (secondary N) is 1. The lowest BCUT2D eigenvalue weighted by Crippen LogP contribution is -2.57. The molecule has 0 aliphatic carbocycles. The maximum Gasteiger partial charge on any atom is 0.194 e. The zero-order chi connectivity index (χ0) is 18.7. The molecule has 7 nitrogen and oxygen atoms in total. The first kappa shape index (κ1) is 22.9. The number of pyridine rings is 1. The third-order valence-electron chi connectivity index (χ3n) is 4.37. The number of sulfone groups is 1. The summed E-state index contributed by atoms with van der Waals surface area (Å²) in [5.74, 6) is 1.79. The summed E-state index contributed by atoms with van der Waals surface area (Å²) in [5, 5.41) is 3.28. The number of rotatable bonds is 4. The van der Waals surface area contributed by atoms with Crippen LogP contribution in [0.5, 0.6) is 0 Å². The van der Waals surface area contributed by atoms with Gasteiger partial charge in [0.15, 0.2) is 15.8 Å². The van der Waals surface area contributed by atoms with Gasteiger partial charge in [0, 0.05) is 45.5 Å². The summed E-state index contributed by atoms with van der Waals surface area (Å²) in [6.07, 6.45) is 1.77. The molecule has 1 aromatic heterocycles. The zero-order valence-electron chi connectivity index (χ0n) is 16.2. The van der Waals surface area contributed by atoms with Crippen molar-refractivity contribution in [3.8, 4) is 0 Å². The molecule has 2 rings (SSSR count). The molecule has 0 saturated carbocycles. The fraction of sp³-hybridized carbons (Fsp3) is 0.647. The second-order valence-electron chi connectivity index (χ2n) is 7.05. The van der Waals surface area contributed by atoms with E-state index in [1.165, 1.54) is 0 Å². The molecule has 0 amide bonds. The van der Waals surface area contributed by atoms with Gasteiger partial charge in [0.1, 0.15) is 5.82 Å². The van der Waals surface area contributed by atoms with Crippen LogP contribution >= 0.6 is 24.0 Å². The smallest absolute Gasteiger partial charge is 0.194 e. The number of anilines is 1. The van der Waals surface area contributed by atoms with Crippen LogP contribution in [0.4, 0.5) is 5.82 Å². The number of aliphatic imine (C=N–C) groups is 1. The summed E-state index contributed by atoms with van der Waals surface area (Å²) in [7, 11) is 0.846. The fourth-order valence-electron chi connectivity index (χ4n) is 2.87. The Kier molecular flexibility index (Phi) is 8.12. The van der Waals surface area contributed by atoms with Crippen molar-refractivity contribution in [2.45, 2.75) is 32.1 Å². The Hall–Kier alpha value is -1.10. The molecule has 0 spiro atoms. The summed E-state index contributed by atoms with van der Waals surface area (Å²) in [4.78, 5) is 13.1. The van der Waals surface area contributed by atoms with Crippen LogP contribution in [0.15, 0.2) is 23.3 Å². The predicted octanol–water partition coefficient (Wildman–Crippen LogP) is 1.74. The van der Waals surface area contributed by atoms with E-state index in [4.69, 9.17) is 4.99 Å². The number of hydrogen-bond donors (Lipinski definition) is 1. The van der Waals surface area contributed by atoms with Gasteiger partial charge in [-0.2, -0.15) is 0 Å². The molecule has 9 heteroatoms. The van der Waals surface area contributed by atoms with Crippen LogP contribution in [0.2, 0.25) is 0 Å². The van der Waals surface area contributed by atoms with E-state index in [1.54, 1.807) is 20.0 Å². The highest BCUT2D eigenvalue weighted by Gasteiger charge is 2.40. The molecule has 1 fully saturated rings. The minimum absolute atomic E-state index is 0. The van der Waals surface area contributed by atoms with Gasteiger partial charge in [-0.1, -0.05) is 6.07 Å². The second-order valence-corrected chi connectivity index (χ2v) is 9.79. The minimum Gasteiger partial charge on any atom is -0.362 e. The Bertz CT molecular complexity index is 734. The maximum atomic E-state index is 12.2. The first-order chi connectivity index (χ1) is 11.7. The standard InChI is InChI=1S/C17H29N5O2S.HI/c1-6-18-16(22-10-11-25(23,24)17(2,3)13-22)20-12-14-8-7-9-19-15(14)21(4)5;/h7-9H,6,10-13H2,1-5H3,(H,18,20);1H. The van der Waals surface area contributed by atoms with Crippen molar-refractivity contribution in [1.29, 1.82) is 0 Å². The predicted molar refractivity (Wildman–Crippen MR) is 118 cm³/mol. The Labute approximate surface area is 174 Å². The van der Waals surface area contributed by atoms with Crippen LogP contribution < -0.4 is 10.2 Å². The Balaban J connectivity index is 0.00000338. The van der Waals surface area contributed by atoms with Crippen LogP contribution in [-0.2, 0) is 16.4 Å². The third-order valence-corrected chi connectivity index (χ3v) is 6.90. The van der Waals surface area contributed by atoms with Gasteiger partial charge in [0.25, 0.3) is 0 Å². The lowest BCUT2D eigenvalue weighted by molar-refractivity contribution is 0.353. The van der Waals surface area contributed by atoms with E-state index in [-0.39, 0.29) is 29.7 Å². The first-order valence-corrected chi connectivity index (χ1v) is 10.2. The van der Waals surface area contributed by atoms with E-state index in [9.17, 15) is 8.42 Å². The Morgan fingerprint density at radius 3 is 2.69 bits per heavy atom. The maximum absolute atomic E-state index is 12.2. The molecule has 1 aliphatic heterocycles. The van der Waals surface area contributed by atoms with Crippen molar-refractivity contribution in [3.05, 3.63) is 23.9 Å². The molecule has 1 N–H and O–H groups in total. The van der Waals surface area contributed by atoms with E-state index in [0.717, 1.165) is 23.9 Å². The molecule has 0 atom stereocenters. The normalized spacial score (nSPS) is 18.8. The van der Waals surface area contributed by atoms with Crippen molar-refractivity contribution in [3.63, 3.8) is 0 Å². The molecule has 1 aromatic rings. The summed E-state index contributed by atoms with van der Waals surface area (Å²) < 4.78 is 23.7. The summed E-state index contributed by atoms with van der Waals surface area (Å²) >= 11 is 0. The monoisotopic (exact) mass is 495 g/mol. The molecular formula is C17H30IN5O2S. The van der Waals surface area contributed by atoms with Crippen molar-refractivity contribution in [1.82, 2.24) is 15.2 Å². The number of guanidine groups is 1. The SMILES string of the molecule is CCNC(=NCc1cccnc1N(C)C)N1CCS(=O)(=O)C(C)(C)C1.I. The van der Waals surface area contributed by atoms with Gasteiger partial charge >= 0.3 is 0 Å². The highest BCUT2D eigenvalue weighted by molar-refractivity contribution is 14.0. The van der Waals surface area contributed by atoms with E-state index in [1.807, 2.05) is 43.0 Å². The van der Waals surface area contributed by atoms with Gasteiger partial charge in [-0.05, 0) is 26.8 Å². The van der Waals surface area contributed by atoms with Crippen molar-refractivity contribution < 1.29 is 8.42 Å². The minimum atomic E-state index is -3.07. The van der Waals surface area contributed by atoms with Gasteiger partial charge in [-0.15, -0.1) is 24.0 Å². The number of nitrogens with zero attached hydrogens (tertiary/aromatic N) is 4. The zero-order valence-corrected chi connectivity index (χ0v) is 19.3. The van der Waals surface area contributed by atoms with E-state index < -0.39 is 14.6 Å². The lowest BCUT2D eigenvalue weighted by Gasteiger charge is -2.39. The molecular weight excluding hydrogens is 465 g/mol. The van der Waals surface area contributed by atoms with Crippen molar-refractivity contribution in [2.75, 3.05) is 44.4 Å². The first-order valence-electron chi connectivity index (χ1n) is 8.54. The topological polar surface area (TPSA) is 77.9 Å². The molecule has 0 radical (unpaired) electrons. The van der Waals surface area contributed by atoms with Crippen LogP contribution in [0.25, 0.3) is 0 Å². The molecule has 0 bridgehead atoms. The number of aromatic nitrogens is 1. The van der Waals surface area contributed by atoms with Gasteiger partial charge in [0.2, 0.25) is 0 Å². The highest BCUT2D eigenvalue weighted by Crippen LogP contribution is 2.24. The molecule has 1 saturated heterocycles. The third kappa shape index (κ3) is 5.21. The van der Waals surface area contributed by atoms with E-state index in [2.05, 4.69) is 10.3 Å². The van der Waals surface area contributed by atoms with Gasteiger partial charge in [-0.3, -0.25) is 0 Å². The quantitative estimate of drug-likeness (QED) is 0.390. The average molecular weight is 495 g/mol. The lowest BCUT2D eigenvalue weighted by atomic mass is 10.2. The molecule has 0 aromatic carbocycles. The largest absolute Gasteiger partial charge is 0.362 e. The molecule has 1 aliphatic rings. The molecule has 26 heavy (non-hydrogen) atoms. The highest BCUT2D eigenvalue weighted by atomic mass is 127. The van der Waals surface area contributed by atoms with Gasteiger partial charge in [0.05, 0.1) is 17.0 Å². The van der Waals surface area contributed by atoms with E-state index in [0.29, 0.717) is 19.6 Å². The van der Waals surface area contributed by atoms with E-state index >= 15 is 0 Å². The summed E-state index contributed by atoms with van der Waals surface area (Å²) in [6.45, 7) is 7.70. The van der Waals surface area contributed by atoms with Crippen LogP contribution in [0.1, 0.15) is 26.3 Å². The van der Waals surface area contributed by atoms with Gasteiger partial charge < -0.3 is 15.1 Å². The molecule has 0 unspecified atom stereocenters. The van der Waals surface area contributed by atoms with Gasteiger partial charge in [-0.25, -0.2) is 18.4 Å². The average Bonchev–Trinajstić information content (AvgIpc) is 2.54. The van der Waals surface area contributed by atoms with Crippen LogP contribution in [0, 0.1) is 0 Å². The number of hydrogen-bond acceptors (Lipinski definition) is 5. The van der Waals surface area contributed by atoms with Crippen molar-refractivity contribution in [2.24, 2.45) is 4.99 Å². The number of halogens is 1. The van der Waals surface area contributed by atoms with Crippen LogP contribution in [0.3, 0.4) is 0 Å². The van der Waals surface area contributed by atoms with Crippen LogP contribution in [-0.4, -0.2) is 68.5 Å². The molecule has 2 heterocycles.